The number of benzene rings is 1. The summed E-state index contributed by atoms with van der Waals surface area (Å²) >= 11 is 0. The predicted molar refractivity (Wildman–Crippen MR) is 95.7 cm³/mol. The molecule has 3 heterocycles. The molecule has 0 spiro atoms. The van der Waals surface area contributed by atoms with Crippen LogP contribution in [0, 0.1) is 5.92 Å². The van der Waals surface area contributed by atoms with Crippen LogP contribution in [0.25, 0.3) is 11.0 Å². The van der Waals surface area contributed by atoms with E-state index in [1.165, 1.54) is 6.33 Å². The van der Waals surface area contributed by atoms with Crippen molar-refractivity contribution in [3.05, 3.63) is 54.5 Å². The summed E-state index contributed by atoms with van der Waals surface area (Å²) in [5.74, 6) is 0.392. The highest BCUT2D eigenvalue weighted by Gasteiger charge is 2.34. The number of ether oxygens (including phenoxy) is 1. The van der Waals surface area contributed by atoms with Crippen molar-refractivity contribution in [1.29, 1.82) is 0 Å². The molecule has 0 radical (unpaired) electrons. The Morgan fingerprint density at radius 1 is 1.27 bits per heavy atom. The Balaban J connectivity index is 1.65. The van der Waals surface area contributed by atoms with Crippen molar-refractivity contribution >= 4 is 29.0 Å². The van der Waals surface area contributed by atoms with E-state index in [2.05, 4.69) is 15.3 Å². The Labute approximate surface area is 150 Å². The molecule has 1 N–H and O–H groups in total. The van der Waals surface area contributed by atoms with Gasteiger partial charge in [-0.3, -0.25) is 4.79 Å². The van der Waals surface area contributed by atoms with Gasteiger partial charge in [0.1, 0.15) is 36.4 Å². The third-order valence-electron chi connectivity index (χ3n) is 4.61. The van der Waals surface area contributed by atoms with Gasteiger partial charge in [-0.25, -0.2) is 9.97 Å². The van der Waals surface area contributed by atoms with Crippen LogP contribution in [0.15, 0.2) is 48.9 Å². The Morgan fingerprint density at radius 3 is 2.81 bits per heavy atom. The van der Waals surface area contributed by atoms with Gasteiger partial charge in [0, 0.05) is 17.7 Å². The molecular formula is C19H18N4O3. The molecule has 0 bridgehead atoms. The quantitative estimate of drug-likeness (QED) is 0.731. The minimum Gasteiger partial charge on any atom is -0.347 e. The lowest BCUT2D eigenvalue weighted by molar-refractivity contribution is -0.119. The van der Waals surface area contributed by atoms with Crippen LogP contribution in [0.3, 0.4) is 0 Å². The van der Waals surface area contributed by atoms with E-state index in [0.717, 1.165) is 11.7 Å². The lowest BCUT2D eigenvalue weighted by Crippen LogP contribution is -2.15. The summed E-state index contributed by atoms with van der Waals surface area (Å²) in [7, 11) is 0. The second kappa shape index (κ2) is 6.68. The van der Waals surface area contributed by atoms with Gasteiger partial charge in [-0.05, 0) is 24.6 Å². The Bertz CT molecular complexity index is 954. The Kier molecular flexibility index (Phi) is 4.22. The molecule has 7 heteroatoms. The molecule has 0 unspecified atom stereocenters. The van der Waals surface area contributed by atoms with Crippen molar-refractivity contribution in [2.45, 2.75) is 25.7 Å². The number of nitrogens with zero attached hydrogens (tertiary/aromatic N) is 3. The van der Waals surface area contributed by atoms with E-state index in [0.29, 0.717) is 23.4 Å². The summed E-state index contributed by atoms with van der Waals surface area (Å²) in [6.07, 6.45) is 4.11. The smallest absolute Gasteiger partial charge is 0.256 e. The van der Waals surface area contributed by atoms with Crippen LogP contribution in [-0.4, -0.2) is 32.8 Å². The molecule has 1 aliphatic rings. The molecule has 1 aromatic carbocycles. The molecule has 132 valence electrons. The van der Waals surface area contributed by atoms with Gasteiger partial charge in [-0.2, -0.15) is 0 Å². The van der Waals surface area contributed by atoms with Crippen LogP contribution in [0.4, 0.5) is 5.82 Å². The summed E-state index contributed by atoms with van der Waals surface area (Å²) < 4.78 is 7.70. The molecule has 26 heavy (non-hydrogen) atoms. The van der Waals surface area contributed by atoms with Crippen LogP contribution >= 0.6 is 0 Å². The normalized spacial score (nSPS) is 22.4. The highest BCUT2D eigenvalue weighted by molar-refractivity contribution is 6.07. The number of amides is 1. The monoisotopic (exact) mass is 350 g/mol. The number of rotatable bonds is 4. The number of hydrogen-bond donors (Lipinski definition) is 1. The van der Waals surface area contributed by atoms with E-state index < -0.39 is 6.10 Å². The first-order valence-electron chi connectivity index (χ1n) is 8.46. The van der Waals surface area contributed by atoms with Gasteiger partial charge in [0.15, 0.2) is 0 Å². The topological polar surface area (TPSA) is 86.1 Å². The van der Waals surface area contributed by atoms with Gasteiger partial charge in [-0.15, -0.1) is 0 Å². The molecule has 7 nitrogen and oxygen atoms in total. The molecule has 2 aromatic heterocycles. The molecule has 0 saturated carbocycles. The second-order valence-corrected chi connectivity index (χ2v) is 6.42. The van der Waals surface area contributed by atoms with Crippen LogP contribution in [-0.2, 0) is 9.53 Å². The van der Waals surface area contributed by atoms with Gasteiger partial charge < -0.3 is 19.4 Å². The van der Waals surface area contributed by atoms with E-state index >= 15 is 0 Å². The number of nitrogens with one attached hydrogen (secondary N) is 1. The maximum absolute atomic E-state index is 12.4. The number of hydrogen-bond acceptors (Lipinski definition) is 5. The van der Waals surface area contributed by atoms with Crippen LogP contribution < -0.4 is 5.32 Å². The predicted octanol–water partition coefficient (Wildman–Crippen LogP) is 2.81. The first-order valence-corrected chi connectivity index (χ1v) is 8.46. The van der Waals surface area contributed by atoms with Crippen molar-refractivity contribution in [2.24, 2.45) is 5.92 Å². The van der Waals surface area contributed by atoms with Gasteiger partial charge in [0.05, 0.1) is 5.39 Å². The zero-order chi connectivity index (χ0) is 18.1. The van der Waals surface area contributed by atoms with E-state index in [9.17, 15) is 9.59 Å². The first kappa shape index (κ1) is 16.4. The third-order valence-corrected chi connectivity index (χ3v) is 4.61. The van der Waals surface area contributed by atoms with Crippen molar-refractivity contribution < 1.29 is 14.3 Å². The van der Waals surface area contributed by atoms with Crippen molar-refractivity contribution in [3.63, 3.8) is 0 Å². The highest BCUT2D eigenvalue weighted by Crippen LogP contribution is 2.36. The molecule has 4 rings (SSSR count). The summed E-state index contributed by atoms with van der Waals surface area (Å²) in [6, 6.07) is 10.8. The lowest BCUT2D eigenvalue weighted by atomic mass is 10.1. The highest BCUT2D eigenvalue weighted by atomic mass is 16.5. The van der Waals surface area contributed by atoms with E-state index in [1.807, 2.05) is 42.0 Å². The Hall–Kier alpha value is -3.06. The molecule has 1 saturated heterocycles. The first-order chi connectivity index (χ1) is 12.7. The largest absolute Gasteiger partial charge is 0.347 e. The molecule has 1 aliphatic heterocycles. The number of anilines is 1. The fourth-order valence-electron chi connectivity index (χ4n) is 3.32. The molecule has 3 aromatic rings. The maximum Gasteiger partial charge on any atom is 0.256 e. The van der Waals surface area contributed by atoms with Gasteiger partial charge in [0.25, 0.3) is 5.91 Å². The van der Waals surface area contributed by atoms with Gasteiger partial charge in [-0.1, -0.05) is 25.1 Å². The van der Waals surface area contributed by atoms with Crippen LogP contribution in [0.5, 0.6) is 0 Å². The number of carbonyl (C=O) groups excluding carboxylic acids is 2. The Morgan fingerprint density at radius 2 is 2.08 bits per heavy atom. The summed E-state index contributed by atoms with van der Waals surface area (Å²) in [5.41, 5.74) is 1.21. The third kappa shape index (κ3) is 2.86. The van der Waals surface area contributed by atoms with Gasteiger partial charge in [0.2, 0.25) is 0 Å². The SMILES string of the molecule is C[C@H]1C[C@@H](C=O)O[C@H]1n1ccc2c(NC(=O)c3ccccc3)ncnc21. The average molecular weight is 350 g/mol. The van der Waals surface area contributed by atoms with Crippen molar-refractivity contribution in [1.82, 2.24) is 14.5 Å². The standard InChI is InChI=1S/C19H18N4O3/c1-12-9-14(10-24)26-19(12)23-8-7-15-16(20-11-21-17(15)23)22-18(25)13-5-3-2-4-6-13/h2-8,10-12,14,19H,9H2,1H3,(H,20,21,22,25)/t12-,14-,19+/m0/s1. The number of fused-ring (bicyclic) bond motifs is 1. The maximum atomic E-state index is 12.4. The zero-order valence-electron chi connectivity index (χ0n) is 14.2. The summed E-state index contributed by atoms with van der Waals surface area (Å²) in [6.45, 7) is 2.04. The molecule has 1 fully saturated rings. The second-order valence-electron chi connectivity index (χ2n) is 6.42. The summed E-state index contributed by atoms with van der Waals surface area (Å²) in [5, 5.41) is 3.56. The number of aldehydes is 1. The van der Waals surface area contributed by atoms with Crippen LogP contribution in [0.1, 0.15) is 29.9 Å². The fourth-order valence-corrected chi connectivity index (χ4v) is 3.32. The average Bonchev–Trinajstić information content (AvgIpc) is 3.26. The lowest BCUT2D eigenvalue weighted by Gasteiger charge is -2.17. The van der Waals surface area contributed by atoms with Gasteiger partial charge >= 0.3 is 0 Å². The van der Waals surface area contributed by atoms with E-state index in [1.54, 1.807) is 12.1 Å². The molecule has 0 aliphatic carbocycles. The molecule has 3 atom stereocenters. The minimum atomic E-state index is -0.397. The van der Waals surface area contributed by atoms with Crippen molar-refractivity contribution in [2.75, 3.05) is 5.32 Å². The van der Waals surface area contributed by atoms with E-state index in [-0.39, 0.29) is 18.1 Å². The number of carbonyl (C=O) groups is 2. The summed E-state index contributed by atoms with van der Waals surface area (Å²) in [4.78, 5) is 32.0. The van der Waals surface area contributed by atoms with Crippen LogP contribution in [0.2, 0.25) is 0 Å². The number of aromatic nitrogens is 3. The fraction of sp³-hybridized carbons (Fsp3) is 0.263. The zero-order valence-corrected chi connectivity index (χ0v) is 14.2. The van der Waals surface area contributed by atoms with E-state index in [4.69, 9.17) is 4.74 Å². The molecular weight excluding hydrogens is 332 g/mol. The minimum absolute atomic E-state index is 0.179. The molecule has 1 amide bonds. The van der Waals surface area contributed by atoms with Crippen molar-refractivity contribution in [3.8, 4) is 0 Å².